The molecule has 0 fully saturated rings. The van der Waals surface area contributed by atoms with E-state index in [0.717, 1.165) is 73.4 Å². The van der Waals surface area contributed by atoms with Crippen molar-refractivity contribution in [1.82, 2.24) is 39.7 Å². The van der Waals surface area contributed by atoms with Crippen molar-refractivity contribution in [2.24, 2.45) is 9.98 Å². The summed E-state index contributed by atoms with van der Waals surface area (Å²) < 4.78 is 118. The number of alkyl halides is 6. The van der Waals surface area contributed by atoms with Crippen molar-refractivity contribution < 1.29 is 96.6 Å². The first kappa shape index (κ1) is 85.1. The molecule has 0 bridgehead atoms. The second kappa shape index (κ2) is 44.0. The van der Waals surface area contributed by atoms with Crippen LogP contribution in [0.1, 0.15) is 98.7 Å². The van der Waals surface area contributed by atoms with E-state index in [2.05, 4.69) is 77.4 Å². The zero-order chi connectivity index (χ0) is 69.7. The van der Waals surface area contributed by atoms with Crippen molar-refractivity contribution in [3.8, 4) is 12.1 Å². The van der Waals surface area contributed by atoms with Gasteiger partial charge in [0, 0.05) is 90.3 Å². The Hall–Kier alpha value is -8.90. The first-order valence-electron chi connectivity index (χ1n) is 28.1. The Morgan fingerprint density at radius 3 is 0.750 bits per heavy atom. The zero-order valence-corrected chi connectivity index (χ0v) is 56.3. The predicted molar refractivity (Wildman–Crippen MR) is 337 cm³/mol. The number of allylic oxidation sites excluding steroid dienone is 2. The molecule has 0 unspecified atom stereocenters. The van der Waals surface area contributed by atoms with Crippen molar-refractivity contribution in [1.29, 1.82) is 10.5 Å². The van der Waals surface area contributed by atoms with Crippen LogP contribution in [0.4, 0.5) is 37.7 Å². The Morgan fingerprint density at radius 2 is 0.604 bits per heavy atom. The van der Waals surface area contributed by atoms with Crippen LogP contribution in [-0.2, 0) is 93.6 Å². The molecular formula is C66H66F6Fe2N12O8S2+2. The van der Waals surface area contributed by atoms with Gasteiger partial charge in [-0.05, 0) is 132 Å². The van der Waals surface area contributed by atoms with Gasteiger partial charge in [0.1, 0.15) is 0 Å². The SMILES string of the molecule is CC#N.CC#N.CC(C)c1ccc(N=C2C=C([O-])C(=Nc3ccc(C(C)C)cc3)C=C2[O-])cc1.O=S(=O)([O-])C(F)(F)F.O=S(=O)([O-])C(F)(F)F.[Fe+3].[Fe+3].c1ccc(CN(Cc2ccccn2)Cc2ccccn2)nc1.c1ccc(CN(Cc2ccccn2)Cc2ccccn2)nc1. The van der Waals surface area contributed by atoms with Crippen LogP contribution in [0.25, 0.3) is 0 Å². The molecule has 2 aromatic carbocycles. The Bertz CT molecular complexity index is 3500. The van der Waals surface area contributed by atoms with E-state index in [1.807, 2.05) is 195 Å². The standard InChI is InChI=1S/C24H26N2O2.2C18H18N4.2C2H3N.2CHF3O3S.2Fe/c1-15(2)17-5-9-19(10-6-17)25-21-13-24(28)22(14-23(21)27)26-20-11-7-18(8-12-20)16(3)4;2*1-4-10-19-16(7-1)13-22(14-17-8-2-5-11-20-17)15-18-9-3-6-12-21-18;2*1-2-3;2*2-1(3,4)8(5,6)7;;/h5-16,27-28H,1-4H3;2*1-12H,13-15H2;2*1H3;2*(H,5,6,7);;/q;;;;;;;2*+3/p-4. The molecule has 0 spiro atoms. The Labute approximate surface area is 576 Å². The summed E-state index contributed by atoms with van der Waals surface area (Å²) in [7, 11) is -12.2. The van der Waals surface area contributed by atoms with Gasteiger partial charge in [-0.25, -0.2) is 26.8 Å². The number of halogens is 6. The topological polar surface area (TPSA) is 317 Å². The van der Waals surface area contributed by atoms with Crippen LogP contribution in [0, 0.1) is 22.7 Å². The normalized spacial score (nSPS) is 12.5. The summed E-state index contributed by atoms with van der Waals surface area (Å²) in [6.07, 6.45) is 13.5. The van der Waals surface area contributed by atoms with E-state index in [-0.39, 0.29) is 57.1 Å². The van der Waals surface area contributed by atoms with Gasteiger partial charge in [0.05, 0.1) is 69.1 Å². The molecule has 6 heterocycles. The molecule has 0 atom stereocenters. The van der Waals surface area contributed by atoms with Crippen LogP contribution in [0.2, 0.25) is 0 Å². The van der Waals surface area contributed by atoms with Crippen LogP contribution in [0.15, 0.2) is 229 Å². The summed E-state index contributed by atoms with van der Waals surface area (Å²) in [6.45, 7) is 16.0. The number of nitriles is 2. The molecule has 96 heavy (non-hydrogen) atoms. The minimum Gasteiger partial charge on any atom is -0.871 e. The molecule has 6 aromatic heterocycles. The summed E-state index contributed by atoms with van der Waals surface area (Å²) in [5.41, 5.74) is -1.03. The minimum absolute atomic E-state index is 0. The predicted octanol–water partition coefficient (Wildman–Crippen LogP) is 11.6. The van der Waals surface area contributed by atoms with E-state index in [4.69, 9.17) is 36.5 Å². The van der Waals surface area contributed by atoms with Crippen LogP contribution >= 0.6 is 0 Å². The largest absolute Gasteiger partial charge is 3.00 e. The van der Waals surface area contributed by atoms with E-state index in [1.54, 1.807) is 12.1 Å². The fraction of sp³-hybridized carbons (Fsp3) is 0.242. The average Bonchev–Trinajstić information content (AvgIpc) is 0.884. The van der Waals surface area contributed by atoms with Crippen molar-refractivity contribution in [3.05, 3.63) is 264 Å². The quantitative estimate of drug-likeness (QED) is 0.0285. The molecule has 0 saturated carbocycles. The van der Waals surface area contributed by atoms with Gasteiger partial charge in [0.15, 0.2) is 20.2 Å². The molecule has 1 aliphatic carbocycles. The number of aliphatic imine (C=N–C) groups is 2. The van der Waals surface area contributed by atoms with Gasteiger partial charge in [0.25, 0.3) is 0 Å². The maximum absolute atomic E-state index is 12.4. The van der Waals surface area contributed by atoms with Gasteiger partial charge < -0.3 is 19.3 Å². The maximum Gasteiger partial charge on any atom is 3.00 e. The smallest absolute Gasteiger partial charge is 0.871 e. The Kier molecular flexibility index (Phi) is 39.0. The number of hydrogen-bond donors (Lipinski definition) is 0. The van der Waals surface area contributed by atoms with E-state index in [1.165, 1.54) is 37.1 Å². The van der Waals surface area contributed by atoms with Crippen molar-refractivity contribution in [2.45, 2.75) is 104 Å². The minimum atomic E-state index is -6.09. The van der Waals surface area contributed by atoms with Crippen molar-refractivity contribution in [3.63, 3.8) is 0 Å². The van der Waals surface area contributed by atoms with Gasteiger partial charge >= 0.3 is 45.2 Å². The second-order valence-corrected chi connectivity index (χ2v) is 22.7. The van der Waals surface area contributed by atoms with Crippen LogP contribution in [0.3, 0.4) is 0 Å². The van der Waals surface area contributed by atoms with Gasteiger partial charge in [-0.15, -0.1) is 0 Å². The molecule has 8 aromatic rings. The molecule has 0 saturated heterocycles. The van der Waals surface area contributed by atoms with E-state index in [0.29, 0.717) is 23.2 Å². The molecule has 9 rings (SSSR count). The zero-order valence-electron chi connectivity index (χ0n) is 52.5. The molecular weight excluding hydrogens is 1380 g/mol. The second-order valence-electron chi connectivity index (χ2n) is 20.0. The fourth-order valence-corrected chi connectivity index (χ4v) is 7.52. The summed E-state index contributed by atoms with van der Waals surface area (Å²) in [6, 6.07) is 54.8. The number of aromatic nitrogens is 6. The number of rotatable bonds is 16. The van der Waals surface area contributed by atoms with Gasteiger partial charge in [0.2, 0.25) is 0 Å². The molecule has 1 aliphatic rings. The number of hydrogen-bond acceptors (Lipinski definition) is 20. The number of pyridine rings is 6. The Balaban J connectivity index is 0.000000620. The van der Waals surface area contributed by atoms with E-state index in [9.17, 15) is 36.6 Å². The number of benzene rings is 2. The molecule has 506 valence electrons. The summed E-state index contributed by atoms with van der Waals surface area (Å²) in [5, 5.41) is 39.5. The molecule has 30 heteroatoms. The monoisotopic (exact) mass is 1440 g/mol. The van der Waals surface area contributed by atoms with Gasteiger partial charge in [-0.2, -0.15) is 36.9 Å². The van der Waals surface area contributed by atoms with Gasteiger partial charge in [-0.1, -0.05) is 99.9 Å². The fourth-order valence-electron chi connectivity index (χ4n) is 7.52. The third kappa shape index (κ3) is 34.0. The molecule has 0 aliphatic heterocycles. The van der Waals surface area contributed by atoms with Gasteiger partial charge in [-0.3, -0.25) is 39.7 Å². The average molecular weight is 1450 g/mol. The van der Waals surface area contributed by atoms with Crippen LogP contribution in [-0.4, -0.2) is 88.1 Å². The molecule has 0 amide bonds. The van der Waals surface area contributed by atoms with Crippen molar-refractivity contribution >= 4 is 43.0 Å². The summed E-state index contributed by atoms with van der Waals surface area (Å²) in [5.74, 6) is 0.218. The Morgan fingerprint density at radius 1 is 0.417 bits per heavy atom. The van der Waals surface area contributed by atoms with E-state index < -0.39 is 31.3 Å². The van der Waals surface area contributed by atoms with Crippen LogP contribution < -0.4 is 10.2 Å². The van der Waals surface area contributed by atoms with Crippen molar-refractivity contribution in [2.75, 3.05) is 0 Å². The number of nitrogens with zero attached hydrogens (tertiary/aromatic N) is 12. The summed E-state index contributed by atoms with van der Waals surface area (Å²) in [4.78, 5) is 39.8. The molecule has 20 nitrogen and oxygen atoms in total. The first-order valence-corrected chi connectivity index (χ1v) is 30.9. The summed E-state index contributed by atoms with van der Waals surface area (Å²) >= 11 is 0. The third-order valence-electron chi connectivity index (χ3n) is 11.9. The third-order valence-corrected chi connectivity index (χ3v) is 13.0. The van der Waals surface area contributed by atoms with Crippen LogP contribution in [0.5, 0.6) is 0 Å². The van der Waals surface area contributed by atoms with E-state index >= 15 is 0 Å². The first-order chi connectivity index (χ1) is 44.5. The molecule has 2 radical (unpaired) electrons. The maximum atomic E-state index is 12.4. The molecule has 0 N–H and O–H groups in total.